The van der Waals surface area contributed by atoms with E-state index in [1.165, 1.54) is 29.2 Å². The SMILES string of the molecule is CC[NH+]1CC2=C(OC(C)=C(C#N)[C@@H]2c2ccc(F)cc2)/C(=C/c2ccc(F)cc2)C1. The van der Waals surface area contributed by atoms with E-state index in [0.29, 0.717) is 11.3 Å². The Labute approximate surface area is 175 Å². The van der Waals surface area contributed by atoms with E-state index < -0.39 is 0 Å². The first-order chi connectivity index (χ1) is 14.5. The van der Waals surface area contributed by atoms with E-state index in [1.807, 2.05) is 6.08 Å². The van der Waals surface area contributed by atoms with Crippen LogP contribution in [0.1, 0.15) is 30.9 Å². The van der Waals surface area contributed by atoms with E-state index in [4.69, 9.17) is 4.74 Å². The van der Waals surface area contributed by atoms with Gasteiger partial charge < -0.3 is 9.64 Å². The van der Waals surface area contributed by atoms with Crippen molar-refractivity contribution < 1.29 is 18.4 Å². The quantitative estimate of drug-likeness (QED) is 0.834. The summed E-state index contributed by atoms with van der Waals surface area (Å²) >= 11 is 0. The highest BCUT2D eigenvalue weighted by atomic mass is 19.1. The van der Waals surface area contributed by atoms with Crippen molar-refractivity contribution in [3.05, 3.63) is 99.5 Å². The zero-order valence-electron chi connectivity index (χ0n) is 17.0. The molecule has 0 radical (unpaired) electrons. The highest BCUT2D eigenvalue weighted by molar-refractivity contribution is 5.62. The molecule has 0 aromatic heterocycles. The Balaban J connectivity index is 1.86. The van der Waals surface area contributed by atoms with Gasteiger partial charge in [0.1, 0.15) is 36.2 Å². The molecule has 1 unspecified atom stereocenters. The number of likely N-dealkylation sites (N-methyl/N-ethyl adjacent to an activating group) is 1. The molecular formula is C25H23F2N2O+. The predicted octanol–water partition coefficient (Wildman–Crippen LogP) is 4.13. The molecule has 1 N–H and O–H groups in total. The summed E-state index contributed by atoms with van der Waals surface area (Å²) < 4.78 is 33.0. The molecule has 152 valence electrons. The molecule has 0 fully saturated rings. The largest absolute Gasteiger partial charge is 0.460 e. The highest BCUT2D eigenvalue weighted by Crippen LogP contribution is 2.42. The first kappa shape index (κ1) is 20.1. The molecule has 2 heterocycles. The van der Waals surface area contributed by atoms with Gasteiger partial charge in [-0.25, -0.2) is 8.78 Å². The van der Waals surface area contributed by atoms with Crippen molar-refractivity contribution in [3.8, 4) is 6.07 Å². The van der Waals surface area contributed by atoms with Gasteiger partial charge in [0.05, 0.1) is 24.1 Å². The van der Waals surface area contributed by atoms with Crippen molar-refractivity contribution in [3.63, 3.8) is 0 Å². The van der Waals surface area contributed by atoms with Gasteiger partial charge in [-0.15, -0.1) is 0 Å². The van der Waals surface area contributed by atoms with E-state index >= 15 is 0 Å². The van der Waals surface area contributed by atoms with Crippen LogP contribution in [0.3, 0.4) is 0 Å². The molecule has 0 saturated carbocycles. The van der Waals surface area contributed by atoms with E-state index in [9.17, 15) is 14.0 Å². The average Bonchev–Trinajstić information content (AvgIpc) is 2.75. The van der Waals surface area contributed by atoms with Crippen molar-refractivity contribution in [2.24, 2.45) is 0 Å². The number of rotatable bonds is 3. The molecule has 2 aliphatic heterocycles. The zero-order valence-corrected chi connectivity index (χ0v) is 17.0. The number of ether oxygens (including phenoxy) is 1. The second-order valence-corrected chi connectivity index (χ2v) is 7.70. The third kappa shape index (κ3) is 3.79. The van der Waals surface area contributed by atoms with Gasteiger partial charge in [-0.2, -0.15) is 5.26 Å². The molecule has 0 spiro atoms. The topological polar surface area (TPSA) is 37.5 Å². The van der Waals surface area contributed by atoms with Crippen LogP contribution in [0.2, 0.25) is 0 Å². The molecule has 2 aromatic rings. The van der Waals surface area contributed by atoms with Crippen LogP contribution in [0.15, 0.2) is 76.8 Å². The van der Waals surface area contributed by atoms with Gasteiger partial charge in [0.15, 0.2) is 0 Å². The molecule has 0 bridgehead atoms. The molecule has 2 aliphatic rings. The lowest BCUT2D eigenvalue weighted by Crippen LogP contribution is -3.12. The molecule has 3 nitrogen and oxygen atoms in total. The van der Waals surface area contributed by atoms with Gasteiger partial charge in [-0.1, -0.05) is 24.3 Å². The third-order valence-corrected chi connectivity index (χ3v) is 5.77. The first-order valence-electron chi connectivity index (χ1n) is 10.1. The average molecular weight is 405 g/mol. The maximum Gasteiger partial charge on any atom is 0.141 e. The van der Waals surface area contributed by atoms with Crippen molar-refractivity contribution >= 4 is 6.08 Å². The Hall–Kier alpha value is -3.23. The lowest BCUT2D eigenvalue weighted by Gasteiger charge is -2.36. The van der Waals surface area contributed by atoms with Crippen molar-refractivity contribution in [2.75, 3.05) is 19.6 Å². The number of nitrogens with zero attached hydrogens (tertiary/aromatic N) is 1. The minimum atomic E-state index is -0.305. The zero-order chi connectivity index (χ0) is 21.3. The van der Waals surface area contributed by atoms with Gasteiger partial charge in [0.25, 0.3) is 0 Å². The van der Waals surface area contributed by atoms with Crippen LogP contribution in [0.25, 0.3) is 6.08 Å². The molecule has 0 saturated heterocycles. The van der Waals surface area contributed by atoms with Crippen molar-refractivity contribution in [1.82, 2.24) is 0 Å². The van der Waals surface area contributed by atoms with E-state index in [2.05, 4.69) is 13.0 Å². The van der Waals surface area contributed by atoms with E-state index in [0.717, 1.165) is 47.7 Å². The van der Waals surface area contributed by atoms with Crippen molar-refractivity contribution in [2.45, 2.75) is 19.8 Å². The lowest BCUT2D eigenvalue weighted by molar-refractivity contribution is -0.890. The van der Waals surface area contributed by atoms with Gasteiger partial charge in [-0.3, -0.25) is 0 Å². The van der Waals surface area contributed by atoms with Crippen LogP contribution in [-0.2, 0) is 4.74 Å². The predicted molar refractivity (Wildman–Crippen MR) is 111 cm³/mol. The Morgan fingerprint density at radius 3 is 2.30 bits per heavy atom. The van der Waals surface area contributed by atoms with Gasteiger partial charge in [0, 0.05) is 11.1 Å². The Kier molecular flexibility index (Phi) is 5.52. The normalized spacial score (nSPS) is 22.6. The van der Waals surface area contributed by atoms with Gasteiger partial charge in [0.2, 0.25) is 0 Å². The van der Waals surface area contributed by atoms with E-state index in [1.54, 1.807) is 31.2 Å². The molecule has 4 rings (SSSR count). The molecule has 0 aliphatic carbocycles. The second-order valence-electron chi connectivity index (χ2n) is 7.70. The standard InChI is InChI=1S/C25H22F2N2O/c1-3-29-14-19(12-17-4-8-20(26)9-5-17)25-23(15-29)24(22(13-28)16(2)30-25)18-6-10-21(27)11-7-18/h4-12,24H,3,14-15H2,1-2H3/p+1/b19-12+/t24-/m0/s1. The number of nitriles is 1. The summed E-state index contributed by atoms with van der Waals surface area (Å²) in [5.41, 5.74) is 4.37. The summed E-state index contributed by atoms with van der Waals surface area (Å²) in [4.78, 5) is 1.34. The number of halogens is 2. The molecule has 30 heavy (non-hydrogen) atoms. The number of quaternary nitrogens is 1. The molecule has 2 atom stereocenters. The summed E-state index contributed by atoms with van der Waals surface area (Å²) in [7, 11) is 0. The number of allylic oxidation sites excluding steroid dienone is 2. The summed E-state index contributed by atoms with van der Waals surface area (Å²) in [6.45, 7) is 6.36. The maximum atomic E-state index is 13.5. The van der Waals surface area contributed by atoms with Crippen molar-refractivity contribution in [1.29, 1.82) is 5.26 Å². The fraction of sp³-hybridized carbons (Fsp3) is 0.240. The monoisotopic (exact) mass is 405 g/mol. The van der Waals surface area contributed by atoms with Crippen LogP contribution < -0.4 is 4.90 Å². The van der Waals surface area contributed by atoms with Gasteiger partial charge >= 0.3 is 0 Å². The minimum Gasteiger partial charge on any atom is -0.460 e. The Bertz CT molecular complexity index is 1090. The summed E-state index contributed by atoms with van der Waals surface area (Å²) in [5, 5.41) is 9.85. The minimum absolute atomic E-state index is 0.266. The number of nitrogens with one attached hydrogen (secondary N) is 1. The number of hydrogen-bond donors (Lipinski definition) is 1. The molecule has 2 aromatic carbocycles. The van der Waals surface area contributed by atoms with Crippen LogP contribution >= 0.6 is 0 Å². The van der Waals surface area contributed by atoms with Crippen LogP contribution in [0.4, 0.5) is 8.78 Å². The third-order valence-electron chi connectivity index (χ3n) is 5.77. The van der Waals surface area contributed by atoms with Crippen LogP contribution in [-0.4, -0.2) is 19.6 Å². The maximum absolute atomic E-state index is 13.5. The highest BCUT2D eigenvalue weighted by Gasteiger charge is 2.38. The lowest BCUT2D eigenvalue weighted by atomic mass is 9.79. The molecule has 0 amide bonds. The Morgan fingerprint density at radius 2 is 1.70 bits per heavy atom. The fourth-order valence-electron chi connectivity index (χ4n) is 4.21. The smallest absolute Gasteiger partial charge is 0.141 e. The summed E-state index contributed by atoms with van der Waals surface area (Å²) in [6.07, 6.45) is 2.02. The fourth-order valence-corrected chi connectivity index (χ4v) is 4.21. The van der Waals surface area contributed by atoms with Gasteiger partial charge in [-0.05, 0) is 55.3 Å². The van der Waals surface area contributed by atoms with Crippen LogP contribution in [0, 0.1) is 23.0 Å². The molecular weight excluding hydrogens is 382 g/mol. The van der Waals surface area contributed by atoms with E-state index in [-0.39, 0.29) is 17.6 Å². The second kappa shape index (κ2) is 8.25. The summed E-state index contributed by atoms with van der Waals surface area (Å²) in [5.74, 6) is 0.500. The Morgan fingerprint density at radius 1 is 1.07 bits per heavy atom. The molecule has 5 heteroatoms. The first-order valence-corrected chi connectivity index (χ1v) is 10.1. The summed E-state index contributed by atoms with van der Waals surface area (Å²) in [6, 6.07) is 15.0. The number of benzene rings is 2. The number of hydrogen-bond acceptors (Lipinski definition) is 2. The van der Waals surface area contributed by atoms with Crippen LogP contribution in [0.5, 0.6) is 0 Å².